The first-order valence-corrected chi connectivity index (χ1v) is 8.09. The Hall–Kier alpha value is -3.42. The molecule has 0 N–H and O–H groups in total. The minimum atomic E-state index is -0.827. The number of halogens is 2. The Kier molecular flexibility index (Phi) is 7.50. The third-order valence-corrected chi connectivity index (χ3v) is 3.58. The molecular formula is C20H18F2O6. The zero-order valence-electron chi connectivity index (χ0n) is 15.2. The van der Waals surface area contributed by atoms with Gasteiger partial charge < -0.3 is 18.9 Å². The Balaban J connectivity index is 1.86. The molecule has 0 heterocycles. The van der Waals surface area contributed by atoms with E-state index in [1.54, 1.807) is 0 Å². The van der Waals surface area contributed by atoms with Crippen molar-refractivity contribution in [2.75, 3.05) is 14.2 Å². The molecule has 0 aliphatic heterocycles. The van der Waals surface area contributed by atoms with Crippen LogP contribution in [-0.2, 0) is 32.3 Å². The smallest absolute Gasteiger partial charge is 0.331 e. The number of hydrogen-bond donors (Lipinski definition) is 0. The minimum Gasteiger partial charge on any atom is -0.496 e. The van der Waals surface area contributed by atoms with E-state index in [4.69, 9.17) is 18.9 Å². The Morgan fingerprint density at radius 2 is 1.18 bits per heavy atom. The highest BCUT2D eigenvalue weighted by molar-refractivity contribution is 5.91. The second-order valence-corrected chi connectivity index (χ2v) is 5.46. The second kappa shape index (κ2) is 10.1. The first kappa shape index (κ1) is 20.9. The van der Waals surface area contributed by atoms with Gasteiger partial charge in [0.1, 0.15) is 36.3 Å². The fourth-order valence-electron chi connectivity index (χ4n) is 2.25. The summed E-state index contributed by atoms with van der Waals surface area (Å²) in [6.45, 7) is -0.473. The summed E-state index contributed by atoms with van der Waals surface area (Å²) in [5.41, 5.74) is 0.676. The van der Waals surface area contributed by atoms with Crippen molar-refractivity contribution in [3.05, 3.63) is 71.3 Å². The average Bonchev–Trinajstić information content (AvgIpc) is 2.69. The van der Waals surface area contributed by atoms with Crippen molar-refractivity contribution < 1.29 is 37.3 Å². The summed E-state index contributed by atoms with van der Waals surface area (Å²) < 4.78 is 46.5. The van der Waals surface area contributed by atoms with Crippen LogP contribution in [0.15, 0.2) is 48.6 Å². The van der Waals surface area contributed by atoms with Crippen molar-refractivity contribution in [1.82, 2.24) is 0 Å². The van der Waals surface area contributed by atoms with E-state index >= 15 is 0 Å². The van der Waals surface area contributed by atoms with Gasteiger partial charge >= 0.3 is 11.9 Å². The lowest BCUT2D eigenvalue weighted by atomic mass is 10.2. The van der Waals surface area contributed by atoms with Crippen LogP contribution >= 0.6 is 0 Å². The summed E-state index contributed by atoms with van der Waals surface area (Å²) in [7, 11) is 2.81. The van der Waals surface area contributed by atoms with Crippen molar-refractivity contribution >= 4 is 11.9 Å². The van der Waals surface area contributed by atoms with Crippen LogP contribution in [0, 0.1) is 11.6 Å². The first-order valence-electron chi connectivity index (χ1n) is 8.09. The standard InChI is InChI=1S/C20H18F2O6/c1-25-17-5-3-15(21)9-13(17)11-27-19(23)7-8-20(24)28-12-14-10-16(22)4-6-18(14)26-2/h3-10H,11-12H2,1-2H3/b8-7+. The van der Waals surface area contributed by atoms with Crippen molar-refractivity contribution in [2.45, 2.75) is 13.2 Å². The van der Waals surface area contributed by atoms with Crippen molar-refractivity contribution in [3.63, 3.8) is 0 Å². The largest absolute Gasteiger partial charge is 0.496 e. The molecule has 28 heavy (non-hydrogen) atoms. The number of hydrogen-bond acceptors (Lipinski definition) is 6. The van der Waals surface area contributed by atoms with Crippen molar-refractivity contribution in [2.24, 2.45) is 0 Å². The summed E-state index contributed by atoms with van der Waals surface area (Å²) in [5.74, 6) is -1.93. The maximum atomic E-state index is 13.3. The van der Waals surface area contributed by atoms with Crippen LogP contribution in [0.1, 0.15) is 11.1 Å². The van der Waals surface area contributed by atoms with Gasteiger partial charge in [0, 0.05) is 23.3 Å². The fraction of sp³-hybridized carbons (Fsp3) is 0.200. The maximum absolute atomic E-state index is 13.3. The molecule has 0 aromatic heterocycles. The summed E-state index contributed by atoms with van der Waals surface area (Å²) in [6, 6.07) is 7.60. The number of benzene rings is 2. The van der Waals surface area contributed by atoms with Gasteiger partial charge in [0.15, 0.2) is 0 Å². The molecular weight excluding hydrogens is 374 g/mol. The van der Waals surface area contributed by atoms with Gasteiger partial charge in [0.25, 0.3) is 0 Å². The molecule has 0 radical (unpaired) electrons. The van der Waals surface area contributed by atoms with E-state index in [0.717, 1.165) is 12.2 Å². The van der Waals surface area contributed by atoms with Gasteiger partial charge in [-0.25, -0.2) is 18.4 Å². The van der Waals surface area contributed by atoms with Crippen LogP contribution in [0.2, 0.25) is 0 Å². The third kappa shape index (κ3) is 6.08. The summed E-state index contributed by atoms with van der Waals surface area (Å²) in [6.07, 6.45) is 1.74. The Morgan fingerprint density at radius 1 is 0.786 bits per heavy atom. The van der Waals surface area contributed by atoms with E-state index < -0.39 is 23.6 Å². The van der Waals surface area contributed by atoms with Crippen LogP contribution in [0.5, 0.6) is 11.5 Å². The lowest BCUT2D eigenvalue weighted by molar-refractivity contribution is -0.141. The molecule has 0 aliphatic rings. The van der Waals surface area contributed by atoms with Crippen LogP contribution in [0.4, 0.5) is 8.78 Å². The molecule has 0 spiro atoms. The van der Waals surface area contributed by atoms with Gasteiger partial charge in [-0.1, -0.05) is 0 Å². The highest BCUT2D eigenvalue weighted by Crippen LogP contribution is 2.21. The zero-order valence-corrected chi connectivity index (χ0v) is 15.2. The average molecular weight is 392 g/mol. The maximum Gasteiger partial charge on any atom is 0.331 e. The highest BCUT2D eigenvalue weighted by Gasteiger charge is 2.09. The lowest BCUT2D eigenvalue weighted by Crippen LogP contribution is -2.06. The molecule has 0 saturated heterocycles. The normalized spacial score (nSPS) is 10.6. The molecule has 2 rings (SSSR count). The molecule has 148 valence electrons. The predicted octanol–water partition coefficient (Wildman–Crippen LogP) is 3.32. The minimum absolute atomic E-state index is 0.236. The van der Waals surface area contributed by atoms with Gasteiger partial charge in [0.2, 0.25) is 0 Å². The number of carbonyl (C=O) groups excluding carboxylic acids is 2. The van der Waals surface area contributed by atoms with Crippen LogP contribution < -0.4 is 9.47 Å². The van der Waals surface area contributed by atoms with Crippen LogP contribution in [-0.4, -0.2) is 26.2 Å². The Labute approximate surface area is 160 Å². The molecule has 0 atom stereocenters. The van der Waals surface area contributed by atoms with E-state index in [1.165, 1.54) is 50.6 Å². The van der Waals surface area contributed by atoms with E-state index in [0.29, 0.717) is 22.6 Å². The molecule has 0 fully saturated rings. The summed E-state index contributed by atoms with van der Waals surface area (Å²) in [4.78, 5) is 23.4. The molecule has 6 nitrogen and oxygen atoms in total. The van der Waals surface area contributed by atoms with Crippen molar-refractivity contribution in [3.8, 4) is 11.5 Å². The van der Waals surface area contributed by atoms with Gasteiger partial charge in [-0.05, 0) is 36.4 Å². The van der Waals surface area contributed by atoms with E-state index in [1.807, 2.05) is 0 Å². The number of methoxy groups -OCH3 is 2. The third-order valence-electron chi connectivity index (χ3n) is 3.58. The quantitative estimate of drug-likeness (QED) is 0.507. The van der Waals surface area contributed by atoms with Crippen LogP contribution in [0.25, 0.3) is 0 Å². The topological polar surface area (TPSA) is 71.1 Å². The number of esters is 2. The number of ether oxygens (including phenoxy) is 4. The van der Waals surface area contributed by atoms with Gasteiger partial charge in [0.05, 0.1) is 14.2 Å². The van der Waals surface area contributed by atoms with E-state index in [-0.39, 0.29) is 13.2 Å². The molecule has 2 aromatic rings. The second-order valence-electron chi connectivity index (χ2n) is 5.46. The number of carbonyl (C=O) groups is 2. The number of rotatable bonds is 8. The Bertz CT molecular complexity index is 807. The zero-order chi connectivity index (χ0) is 20.5. The molecule has 0 bridgehead atoms. The van der Waals surface area contributed by atoms with Gasteiger partial charge in [-0.2, -0.15) is 0 Å². The molecule has 2 aromatic carbocycles. The molecule has 0 amide bonds. The summed E-state index contributed by atoms with van der Waals surface area (Å²) in [5, 5.41) is 0. The van der Waals surface area contributed by atoms with Crippen molar-refractivity contribution in [1.29, 1.82) is 0 Å². The fourth-order valence-corrected chi connectivity index (χ4v) is 2.25. The first-order chi connectivity index (χ1) is 13.4. The molecule has 8 heteroatoms. The van der Waals surface area contributed by atoms with E-state index in [2.05, 4.69) is 0 Å². The SMILES string of the molecule is COc1ccc(F)cc1COC(=O)/C=C/C(=O)OCc1cc(F)ccc1OC. The van der Waals surface area contributed by atoms with Gasteiger partial charge in [-0.3, -0.25) is 0 Å². The summed E-state index contributed by atoms with van der Waals surface area (Å²) >= 11 is 0. The predicted molar refractivity (Wildman–Crippen MR) is 94.6 cm³/mol. The molecule has 0 aliphatic carbocycles. The molecule has 0 unspecified atom stereocenters. The lowest BCUT2D eigenvalue weighted by Gasteiger charge is -2.09. The monoisotopic (exact) mass is 392 g/mol. The molecule has 0 saturated carbocycles. The van der Waals surface area contributed by atoms with E-state index in [9.17, 15) is 18.4 Å². The van der Waals surface area contributed by atoms with Gasteiger partial charge in [-0.15, -0.1) is 0 Å². The Morgan fingerprint density at radius 3 is 1.54 bits per heavy atom. The van der Waals surface area contributed by atoms with Crippen LogP contribution in [0.3, 0.4) is 0 Å². The highest BCUT2D eigenvalue weighted by atomic mass is 19.1.